The molecule has 0 aliphatic heterocycles. The Labute approximate surface area is 106 Å². The minimum absolute atomic E-state index is 0.258. The second kappa shape index (κ2) is 7.61. The predicted octanol–water partition coefficient (Wildman–Crippen LogP) is 3.24. The summed E-state index contributed by atoms with van der Waals surface area (Å²) in [6.45, 7) is 3.17. The maximum absolute atomic E-state index is 13.4. The van der Waals surface area contributed by atoms with Crippen molar-refractivity contribution >= 4 is 12.0 Å². The molecule has 0 fully saturated rings. The van der Waals surface area contributed by atoms with Gasteiger partial charge < -0.3 is 9.84 Å². The third kappa shape index (κ3) is 5.10. The van der Waals surface area contributed by atoms with Crippen LogP contribution < -0.4 is 0 Å². The Morgan fingerprint density at radius 2 is 2.28 bits per heavy atom. The van der Waals surface area contributed by atoms with Gasteiger partial charge in [0.15, 0.2) is 0 Å². The van der Waals surface area contributed by atoms with Gasteiger partial charge in [-0.2, -0.15) is 0 Å². The Morgan fingerprint density at radius 1 is 1.50 bits per heavy atom. The van der Waals surface area contributed by atoms with Crippen LogP contribution in [0.2, 0.25) is 0 Å². The van der Waals surface area contributed by atoms with Crippen LogP contribution in [0.5, 0.6) is 0 Å². The fourth-order valence-electron chi connectivity index (χ4n) is 1.41. The zero-order valence-electron chi connectivity index (χ0n) is 10.4. The standard InChI is InChI=1S/C14H17FO3/c1-2-3-8-18-10-11-4-6-13(15)12(9-11)5-7-14(16)17/h4-7,9H,2-3,8,10H2,1H3,(H,16,17)/b7-5+. The number of unbranched alkanes of at least 4 members (excludes halogenated alkanes) is 1. The summed E-state index contributed by atoms with van der Waals surface area (Å²) in [5.41, 5.74) is 1.09. The van der Waals surface area contributed by atoms with E-state index in [4.69, 9.17) is 9.84 Å². The van der Waals surface area contributed by atoms with Crippen LogP contribution in [0, 0.1) is 5.82 Å². The van der Waals surface area contributed by atoms with Crippen LogP contribution >= 0.6 is 0 Å². The van der Waals surface area contributed by atoms with Gasteiger partial charge >= 0.3 is 5.97 Å². The molecule has 4 heteroatoms. The summed E-state index contributed by atoms with van der Waals surface area (Å²) in [5.74, 6) is -1.54. The first-order valence-corrected chi connectivity index (χ1v) is 5.90. The summed E-state index contributed by atoms with van der Waals surface area (Å²) in [6, 6.07) is 4.56. The molecule has 0 atom stereocenters. The smallest absolute Gasteiger partial charge is 0.328 e. The van der Waals surface area contributed by atoms with Crippen molar-refractivity contribution in [1.29, 1.82) is 0 Å². The molecular formula is C14H17FO3. The van der Waals surface area contributed by atoms with Gasteiger partial charge in [-0.15, -0.1) is 0 Å². The predicted molar refractivity (Wildman–Crippen MR) is 67.6 cm³/mol. The van der Waals surface area contributed by atoms with Gasteiger partial charge in [0.25, 0.3) is 0 Å². The lowest BCUT2D eigenvalue weighted by molar-refractivity contribution is -0.131. The number of hydrogen-bond acceptors (Lipinski definition) is 2. The molecule has 0 bridgehead atoms. The quantitative estimate of drug-likeness (QED) is 0.598. The van der Waals surface area contributed by atoms with E-state index < -0.39 is 11.8 Å². The molecule has 0 spiro atoms. The Hall–Kier alpha value is -1.68. The number of hydrogen-bond donors (Lipinski definition) is 1. The van der Waals surface area contributed by atoms with E-state index in [1.807, 2.05) is 0 Å². The van der Waals surface area contributed by atoms with Crippen LogP contribution in [0.15, 0.2) is 24.3 Å². The molecule has 1 aromatic carbocycles. The number of aliphatic carboxylic acids is 1. The fourth-order valence-corrected chi connectivity index (χ4v) is 1.41. The monoisotopic (exact) mass is 252 g/mol. The number of carbonyl (C=O) groups is 1. The van der Waals surface area contributed by atoms with Crippen molar-refractivity contribution < 1.29 is 19.0 Å². The van der Waals surface area contributed by atoms with Gasteiger partial charge in [0, 0.05) is 18.2 Å². The second-order valence-electron chi connectivity index (χ2n) is 3.93. The highest BCUT2D eigenvalue weighted by Gasteiger charge is 2.02. The summed E-state index contributed by atoms with van der Waals surface area (Å²) in [4.78, 5) is 10.4. The first-order valence-electron chi connectivity index (χ1n) is 5.90. The highest BCUT2D eigenvalue weighted by molar-refractivity contribution is 5.85. The number of benzene rings is 1. The summed E-state index contributed by atoms with van der Waals surface area (Å²) >= 11 is 0. The van der Waals surface area contributed by atoms with Gasteiger partial charge in [-0.25, -0.2) is 9.18 Å². The molecule has 0 saturated carbocycles. The van der Waals surface area contributed by atoms with Gasteiger partial charge in [0.05, 0.1) is 6.61 Å². The lowest BCUT2D eigenvalue weighted by atomic mass is 10.1. The van der Waals surface area contributed by atoms with Crippen molar-refractivity contribution in [1.82, 2.24) is 0 Å². The summed E-state index contributed by atoms with van der Waals surface area (Å²) in [5, 5.41) is 8.50. The van der Waals surface area contributed by atoms with E-state index in [2.05, 4.69) is 6.92 Å². The van der Waals surface area contributed by atoms with Crippen molar-refractivity contribution in [3.63, 3.8) is 0 Å². The molecular weight excluding hydrogens is 235 g/mol. The van der Waals surface area contributed by atoms with E-state index in [0.29, 0.717) is 13.2 Å². The lowest BCUT2D eigenvalue weighted by Crippen LogP contribution is -1.96. The SMILES string of the molecule is CCCCOCc1ccc(F)c(/C=C/C(=O)O)c1. The van der Waals surface area contributed by atoms with Crippen LogP contribution in [0.25, 0.3) is 6.08 Å². The molecule has 0 amide bonds. The molecule has 0 aromatic heterocycles. The third-order valence-electron chi connectivity index (χ3n) is 2.38. The molecule has 0 aliphatic rings. The van der Waals surface area contributed by atoms with Gasteiger partial charge in [0.1, 0.15) is 5.82 Å². The van der Waals surface area contributed by atoms with Crippen molar-refractivity contribution in [3.05, 3.63) is 41.2 Å². The van der Waals surface area contributed by atoms with E-state index >= 15 is 0 Å². The minimum Gasteiger partial charge on any atom is -0.478 e. The molecule has 98 valence electrons. The largest absolute Gasteiger partial charge is 0.478 e. The number of ether oxygens (including phenoxy) is 1. The average Bonchev–Trinajstić information content (AvgIpc) is 2.34. The molecule has 1 N–H and O–H groups in total. The minimum atomic E-state index is -1.10. The zero-order chi connectivity index (χ0) is 13.4. The van der Waals surface area contributed by atoms with Gasteiger partial charge in [-0.05, 0) is 30.2 Å². The van der Waals surface area contributed by atoms with E-state index in [0.717, 1.165) is 24.5 Å². The molecule has 1 rings (SSSR count). The third-order valence-corrected chi connectivity index (χ3v) is 2.38. The van der Waals surface area contributed by atoms with Crippen LogP contribution in [0.1, 0.15) is 30.9 Å². The highest BCUT2D eigenvalue weighted by atomic mass is 19.1. The Kier molecular flexibility index (Phi) is 6.08. The van der Waals surface area contributed by atoms with Gasteiger partial charge in [-0.1, -0.05) is 19.4 Å². The molecule has 0 saturated heterocycles. The number of halogens is 1. The number of rotatable bonds is 7. The lowest BCUT2D eigenvalue weighted by Gasteiger charge is -2.05. The topological polar surface area (TPSA) is 46.5 Å². The van der Waals surface area contributed by atoms with Crippen molar-refractivity contribution in [2.75, 3.05) is 6.61 Å². The summed E-state index contributed by atoms with van der Waals surface area (Å²) in [6.07, 6.45) is 4.22. The molecule has 0 heterocycles. The average molecular weight is 252 g/mol. The van der Waals surface area contributed by atoms with E-state index in [1.54, 1.807) is 12.1 Å². The first-order chi connectivity index (χ1) is 8.63. The maximum atomic E-state index is 13.4. The zero-order valence-corrected chi connectivity index (χ0v) is 10.4. The molecule has 3 nitrogen and oxygen atoms in total. The maximum Gasteiger partial charge on any atom is 0.328 e. The van der Waals surface area contributed by atoms with E-state index in [9.17, 15) is 9.18 Å². The molecule has 1 aromatic rings. The summed E-state index contributed by atoms with van der Waals surface area (Å²) < 4.78 is 18.8. The second-order valence-corrected chi connectivity index (χ2v) is 3.93. The van der Waals surface area contributed by atoms with Crippen LogP contribution in [0.3, 0.4) is 0 Å². The van der Waals surface area contributed by atoms with Crippen LogP contribution in [0.4, 0.5) is 4.39 Å². The van der Waals surface area contributed by atoms with Crippen molar-refractivity contribution in [3.8, 4) is 0 Å². The van der Waals surface area contributed by atoms with Crippen LogP contribution in [-0.2, 0) is 16.1 Å². The normalized spacial score (nSPS) is 11.0. The van der Waals surface area contributed by atoms with E-state index in [-0.39, 0.29) is 5.56 Å². The number of carboxylic acids is 1. The highest BCUT2D eigenvalue weighted by Crippen LogP contribution is 2.13. The van der Waals surface area contributed by atoms with Gasteiger partial charge in [0.2, 0.25) is 0 Å². The molecule has 0 radical (unpaired) electrons. The Morgan fingerprint density at radius 3 is 2.94 bits per heavy atom. The molecule has 18 heavy (non-hydrogen) atoms. The number of carboxylic acid groups (broad SMARTS) is 1. The Balaban J connectivity index is 2.65. The first kappa shape index (κ1) is 14.4. The Bertz CT molecular complexity index is 427. The summed E-state index contributed by atoms with van der Waals surface area (Å²) in [7, 11) is 0. The van der Waals surface area contributed by atoms with Crippen LogP contribution in [-0.4, -0.2) is 17.7 Å². The van der Waals surface area contributed by atoms with Crippen molar-refractivity contribution in [2.45, 2.75) is 26.4 Å². The van der Waals surface area contributed by atoms with Gasteiger partial charge in [-0.3, -0.25) is 0 Å². The van der Waals surface area contributed by atoms with Crippen molar-refractivity contribution in [2.24, 2.45) is 0 Å². The molecule has 0 unspecified atom stereocenters. The van der Waals surface area contributed by atoms with E-state index in [1.165, 1.54) is 12.1 Å². The fraction of sp³-hybridized carbons (Fsp3) is 0.357. The molecule has 0 aliphatic carbocycles.